The Morgan fingerprint density at radius 3 is 2.64 bits per heavy atom. The summed E-state index contributed by atoms with van der Waals surface area (Å²) in [6, 6.07) is 11.1. The summed E-state index contributed by atoms with van der Waals surface area (Å²) in [4.78, 5) is 26.8. The molecular formula is C16H19N3O2S. The van der Waals surface area contributed by atoms with E-state index in [-0.39, 0.29) is 11.8 Å². The summed E-state index contributed by atoms with van der Waals surface area (Å²) in [6.45, 7) is 0. The molecule has 0 bridgehead atoms. The van der Waals surface area contributed by atoms with E-state index in [1.807, 2.05) is 48.6 Å². The molecule has 2 rings (SSSR count). The van der Waals surface area contributed by atoms with Crippen molar-refractivity contribution in [1.82, 2.24) is 10.9 Å². The quantitative estimate of drug-likeness (QED) is 0.831. The van der Waals surface area contributed by atoms with E-state index in [2.05, 4.69) is 10.9 Å². The summed E-state index contributed by atoms with van der Waals surface area (Å²) >= 11 is 1.62. The lowest BCUT2D eigenvalue weighted by molar-refractivity contribution is -0.121. The Bertz CT molecular complexity index is 639. The van der Waals surface area contributed by atoms with Crippen molar-refractivity contribution in [2.45, 2.75) is 12.8 Å². The molecule has 0 aliphatic rings. The van der Waals surface area contributed by atoms with Crippen LogP contribution >= 0.6 is 11.3 Å². The van der Waals surface area contributed by atoms with Crippen LogP contribution in [0.15, 0.2) is 41.8 Å². The lowest BCUT2D eigenvalue weighted by Crippen LogP contribution is -2.41. The molecule has 6 heteroatoms. The maximum atomic E-state index is 12.0. The number of amides is 2. The van der Waals surface area contributed by atoms with Crippen LogP contribution in [0.1, 0.15) is 21.7 Å². The summed E-state index contributed by atoms with van der Waals surface area (Å²) in [7, 11) is 3.81. The minimum absolute atomic E-state index is 0.203. The molecule has 2 aromatic rings. The summed E-state index contributed by atoms with van der Waals surface area (Å²) in [6.07, 6.45) is 1.02. The van der Waals surface area contributed by atoms with E-state index in [0.29, 0.717) is 18.4 Å². The highest BCUT2D eigenvalue weighted by Crippen LogP contribution is 2.13. The van der Waals surface area contributed by atoms with Gasteiger partial charge in [0, 0.05) is 36.6 Å². The van der Waals surface area contributed by atoms with Gasteiger partial charge in [0.15, 0.2) is 0 Å². The molecule has 1 aromatic heterocycles. The number of hydrazine groups is 1. The van der Waals surface area contributed by atoms with Gasteiger partial charge in [-0.2, -0.15) is 0 Å². The van der Waals surface area contributed by atoms with Crippen molar-refractivity contribution >= 4 is 28.8 Å². The first-order valence-corrected chi connectivity index (χ1v) is 7.83. The van der Waals surface area contributed by atoms with Crippen LogP contribution in [0, 0.1) is 0 Å². The fourth-order valence-electron chi connectivity index (χ4n) is 1.88. The molecule has 0 spiro atoms. The Labute approximate surface area is 133 Å². The normalized spacial score (nSPS) is 10.1. The fourth-order valence-corrected chi connectivity index (χ4v) is 2.59. The number of hydrogen-bond acceptors (Lipinski definition) is 4. The topological polar surface area (TPSA) is 61.4 Å². The highest BCUT2D eigenvalue weighted by atomic mass is 32.1. The maximum Gasteiger partial charge on any atom is 0.269 e. The van der Waals surface area contributed by atoms with Gasteiger partial charge in [0.1, 0.15) is 0 Å². The number of aryl methyl sites for hydroxylation is 1. The zero-order chi connectivity index (χ0) is 15.9. The Hall–Kier alpha value is -2.34. The zero-order valence-corrected chi connectivity index (χ0v) is 13.4. The van der Waals surface area contributed by atoms with Gasteiger partial charge in [0.2, 0.25) is 5.91 Å². The third kappa shape index (κ3) is 4.60. The fraction of sp³-hybridized carbons (Fsp3) is 0.250. The van der Waals surface area contributed by atoms with Crippen LogP contribution < -0.4 is 15.8 Å². The van der Waals surface area contributed by atoms with E-state index in [0.717, 1.165) is 10.6 Å². The predicted molar refractivity (Wildman–Crippen MR) is 89.0 cm³/mol. The molecule has 22 heavy (non-hydrogen) atoms. The molecule has 0 saturated carbocycles. The molecule has 0 saturated heterocycles. The highest BCUT2D eigenvalue weighted by molar-refractivity contribution is 7.09. The maximum absolute atomic E-state index is 12.0. The van der Waals surface area contributed by atoms with E-state index in [4.69, 9.17) is 0 Å². The Balaban J connectivity index is 1.81. The van der Waals surface area contributed by atoms with Crippen LogP contribution in [0.25, 0.3) is 0 Å². The number of carbonyl (C=O) groups is 2. The van der Waals surface area contributed by atoms with Crippen molar-refractivity contribution < 1.29 is 9.59 Å². The second-order valence-electron chi connectivity index (χ2n) is 5.03. The molecule has 1 heterocycles. The highest BCUT2D eigenvalue weighted by Gasteiger charge is 2.09. The number of hydrogen-bond donors (Lipinski definition) is 2. The number of rotatable bonds is 5. The SMILES string of the molecule is CN(C)c1cccc(C(=O)NNC(=O)CCc2cccs2)c1. The van der Waals surface area contributed by atoms with E-state index in [9.17, 15) is 9.59 Å². The van der Waals surface area contributed by atoms with Crippen LogP contribution in [-0.2, 0) is 11.2 Å². The van der Waals surface area contributed by atoms with Gasteiger partial charge in [-0.1, -0.05) is 12.1 Å². The van der Waals surface area contributed by atoms with Crippen LogP contribution in [0.4, 0.5) is 5.69 Å². The third-order valence-electron chi connectivity index (χ3n) is 3.12. The first-order chi connectivity index (χ1) is 10.6. The average Bonchev–Trinajstić information content (AvgIpc) is 3.04. The molecule has 116 valence electrons. The van der Waals surface area contributed by atoms with Gasteiger partial charge in [-0.25, -0.2) is 0 Å². The summed E-state index contributed by atoms with van der Waals surface area (Å²) in [5, 5.41) is 1.98. The smallest absolute Gasteiger partial charge is 0.269 e. The van der Waals surface area contributed by atoms with Crippen LogP contribution in [0.2, 0.25) is 0 Å². The van der Waals surface area contributed by atoms with Crippen molar-refractivity contribution in [3.63, 3.8) is 0 Å². The molecule has 0 unspecified atom stereocenters. The Kier molecular flexibility index (Phi) is 5.55. The number of nitrogens with zero attached hydrogens (tertiary/aromatic N) is 1. The van der Waals surface area contributed by atoms with E-state index in [1.54, 1.807) is 23.5 Å². The minimum atomic E-state index is -0.326. The van der Waals surface area contributed by atoms with Crippen LogP contribution in [0.5, 0.6) is 0 Å². The first-order valence-electron chi connectivity index (χ1n) is 6.95. The van der Waals surface area contributed by atoms with Gasteiger partial charge in [0.25, 0.3) is 5.91 Å². The summed E-state index contributed by atoms with van der Waals surface area (Å²) < 4.78 is 0. The number of thiophene rings is 1. The van der Waals surface area contributed by atoms with E-state index >= 15 is 0 Å². The summed E-state index contributed by atoms with van der Waals surface area (Å²) in [5.41, 5.74) is 6.32. The van der Waals surface area contributed by atoms with Gasteiger partial charge >= 0.3 is 0 Å². The molecule has 0 aliphatic carbocycles. The molecule has 2 amide bonds. The van der Waals surface area contributed by atoms with Gasteiger partial charge in [-0.15, -0.1) is 11.3 Å². The van der Waals surface area contributed by atoms with Crippen molar-refractivity contribution in [2.75, 3.05) is 19.0 Å². The van der Waals surface area contributed by atoms with Crippen molar-refractivity contribution in [3.05, 3.63) is 52.2 Å². The first kappa shape index (κ1) is 16.0. The van der Waals surface area contributed by atoms with Gasteiger partial charge in [0.05, 0.1) is 0 Å². The standard InChI is InChI=1S/C16H19N3O2S/c1-19(2)13-6-3-5-12(11-13)16(21)18-17-15(20)9-8-14-7-4-10-22-14/h3-7,10-11H,8-9H2,1-2H3,(H,17,20)(H,18,21). The van der Waals surface area contributed by atoms with Gasteiger partial charge < -0.3 is 4.90 Å². The predicted octanol–water partition coefficient (Wildman–Crippen LogP) is 2.21. The average molecular weight is 317 g/mol. The van der Waals surface area contributed by atoms with Gasteiger partial charge in [-0.3, -0.25) is 20.4 Å². The molecule has 2 N–H and O–H groups in total. The van der Waals surface area contributed by atoms with Crippen molar-refractivity contribution in [2.24, 2.45) is 0 Å². The van der Waals surface area contributed by atoms with E-state index < -0.39 is 0 Å². The third-order valence-corrected chi connectivity index (χ3v) is 4.05. The van der Waals surface area contributed by atoms with Crippen LogP contribution in [0.3, 0.4) is 0 Å². The second kappa shape index (κ2) is 7.61. The molecular weight excluding hydrogens is 298 g/mol. The molecule has 0 fully saturated rings. The second-order valence-corrected chi connectivity index (χ2v) is 6.06. The number of nitrogens with one attached hydrogen (secondary N) is 2. The largest absolute Gasteiger partial charge is 0.378 e. The lowest BCUT2D eigenvalue weighted by atomic mass is 10.2. The Morgan fingerprint density at radius 2 is 1.95 bits per heavy atom. The lowest BCUT2D eigenvalue weighted by Gasteiger charge is -2.13. The minimum Gasteiger partial charge on any atom is -0.378 e. The molecule has 0 atom stereocenters. The monoisotopic (exact) mass is 317 g/mol. The molecule has 0 radical (unpaired) electrons. The van der Waals surface area contributed by atoms with Crippen molar-refractivity contribution in [1.29, 1.82) is 0 Å². The number of anilines is 1. The van der Waals surface area contributed by atoms with Crippen molar-refractivity contribution in [3.8, 4) is 0 Å². The van der Waals surface area contributed by atoms with E-state index in [1.165, 1.54) is 0 Å². The molecule has 5 nitrogen and oxygen atoms in total. The molecule has 1 aromatic carbocycles. The number of benzene rings is 1. The zero-order valence-electron chi connectivity index (χ0n) is 12.6. The van der Waals surface area contributed by atoms with Crippen LogP contribution in [-0.4, -0.2) is 25.9 Å². The van der Waals surface area contributed by atoms with Gasteiger partial charge in [-0.05, 0) is 36.1 Å². The Morgan fingerprint density at radius 1 is 1.14 bits per heavy atom. The summed E-state index contributed by atoms with van der Waals surface area (Å²) in [5.74, 6) is -0.529. The number of carbonyl (C=O) groups excluding carboxylic acids is 2. The molecule has 0 aliphatic heterocycles.